The first-order valence-electron chi connectivity index (χ1n) is 8.23. The second-order valence-corrected chi connectivity index (χ2v) is 6.06. The fraction of sp³-hybridized carbons (Fsp3) is 0.0952. The van der Waals surface area contributed by atoms with Gasteiger partial charge < -0.3 is 9.47 Å². The first kappa shape index (κ1) is 16.8. The molecule has 1 heterocycles. The van der Waals surface area contributed by atoms with Gasteiger partial charge in [0.15, 0.2) is 0 Å². The van der Waals surface area contributed by atoms with E-state index in [0.717, 1.165) is 10.3 Å². The van der Waals surface area contributed by atoms with Crippen LogP contribution in [0.3, 0.4) is 0 Å². The van der Waals surface area contributed by atoms with E-state index in [1.807, 2.05) is 6.07 Å². The smallest absolute Gasteiger partial charge is 0.337 e. The monoisotopic (exact) mass is 361 g/mol. The van der Waals surface area contributed by atoms with Gasteiger partial charge in [0.2, 0.25) is 0 Å². The van der Waals surface area contributed by atoms with Crippen LogP contribution in [0.5, 0.6) is 5.75 Å². The molecule has 4 rings (SSSR count). The molecule has 2 amide bonds. The number of esters is 1. The number of ether oxygens (including phenoxy) is 2. The molecule has 0 saturated heterocycles. The summed E-state index contributed by atoms with van der Waals surface area (Å²) in [5.41, 5.74) is 1.56. The lowest BCUT2D eigenvalue weighted by atomic mass is 9.93. The van der Waals surface area contributed by atoms with E-state index >= 15 is 0 Å². The minimum absolute atomic E-state index is 0.335. The molecule has 134 valence electrons. The molecule has 1 aliphatic heterocycles. The summed E-state index contributed by atoms with van der Waals surface area (Å²) in [5, 5.41) is 1.39. The van der Waals surface area contributed by atoms with Gasteiger partial charge in [-0.05, 0) is 47.9 Å². The van der Waals surface area contributed by atoms with Gasteiger partial charge in [-0.3, -0.25) is 9.59 Å². The highest BCUT2D eigenvalue weighted by molar-refractivity contribution is 6.36. The number of benzene rings is 3. The van der Waals surface area contributed by atoms with Crippen molar-refractivity contribution in [1.82, 2.24) is 0 Å². The number of carbonyl (C=O) groups is 3. The van der Waals surface area contributed by atoms with E-state index in [1.54, 1.807) is 36.4 Å². The van der Waals surface area contributed by atoms with Crippen molar-refractivity contribution >= 4 is 34.2 Å². The van der Waals surface area contributed by atoms with E-state index in [4.69, 9.17) is 4.74 Å². The second-order valence-electron chi connectivity index (χ2n) is 6.06. The van der Waals surface area contributed by atoms with E-state index < -0.39 is 17.8 Å². The van der Waals surface area contributed by atoms with Crippen LogP contribution in [0.25, 0.3) is 10.8 Å². The number of amides is 2. The summed E-state index contributed by atoms with van der Waals surface area (Å²) in [6.07, 6.45) is 0. The second kappa shape index (κ2) is 6.25. The third-order valence-corrected chi connectivity index (χ3v) is 4.60. The maximum Gasteiger partial charge on any atom is 0.337 e. The Labute approximate surface area is 154 Å². The van der Waals surface area contributed by atoms with E-state index in [0.29, 0.717) is 33.5 Å². The standard InChI is InChI=1S/C21H15NO5/c1-26-15-10-13-4-3-5-16-18(13)17(11-15)20(24)22(19(16)23)14-8-6-12(7-9-14)21(25)27-2/h3-11H,1-2H3. The molecule has 0 aliphatic carbocycles. The maximum atomic E-state index is 13.1. The van der Waals surface area contributed by atoms with Crippen molar-refractivity contribution < 1.29 is 23.9 Å². The Morgan fingerprint density at radius 1 is 0.889 bits per heavy atom. The topological polar surface area (TPSA) is 72.9 Å². The summed E-state index contributed by atoms with van der Waals surface area (Å²) in [4.78, 5) is 38.9. The van der Waals surface area contributed by atoms with Crippen LogP contribution in [0.1, 0.15) is 31.1 Å². The molecule has 27 heavy (non-hydrogen) atoms. The minimum Gasteiger partial charge on any atom is -0.497 e. The number of imide groups is 1. The van der Waals surface area contributed by atoms with Gasteiger partial charge in [0, 0.05) is 10.9 Å². The molecule has 0 unspecified atom stereocenters. The fourth-order valence-electron chi connectivity index (χ4n) is 3.30. The Balaban J connectivity index is 1.86. The fourth-order valence-corrected chi connectivity index (χ4v) is 3.30. The van der Waals surface area contributed by atoms with E-state index in [-0.39, 0.29) is 0 Å². The first-order chi connectivity index (χ1) is 13.0. The van der Waals surface area contributed by atoms with Crippen molar-refractivity contribution in [1.29, 1.82) is 0 Å². The summed E-state index contributed by atoms with van der Waals surface area (Å²) < 4.78 is 9.97. The van der Waals surface area contributed by atoms with Gasteiger partial charge in [-0.1, -0.05) is 12.1 Å². The van der Waals surface area contributed by atoms with Crippen molar-refractivity contribution in [3.63, 3.8) is 0 Å². The maximum absolute atomic E-state index is 13.1. The SMILES string of the molecule is COC(=O)c1ccc(N2C(=O)c3cccc4cc(OC)cc(c34)C2=O)cc1. The third kappa shape index (κ3) is 2.54. The largest absolute Gasteiger partial charge is 0.497 e. The number of methoxy groups -OCH3 is 2. The Bertz CT molecular complexity index is 1100. The summed E-state index contributed by atoms with van der Waals surface area (Å²) in [5.74, 6) is -0.793. The summed E-state index contributed by atoms with van der Waals surface area (Å²) in [6.45, 7) is 0. The van der Waals surface area contributed by atoms with Crippen LogP contribution in [0.4, 0.5) is 5.69 Å². The zero-order valence-electron chi connectivity index (χ0n) is 14.7. The van der Waals surface area contributed by atoms with Crippen molar-refractivity contribution in [2.24, 2.45) is 0 Å². The van der Waals surface area contributed by atoms with Crippen molar-refractivity contribution in [3.8, 4) is 5.75 Å². The molecule has 0 N–H and O–H groups in total. The average molecular weight is 361 g/mol. The molecular formula is C21H15NO5. The van der Waals surface area contributed by atoms with Crippen LogP contribution >= 0.6 is 0 Å². The number of hydrogen-bond acceptors (Lipinski definition) is 5. The molecular weight excluding hydrogens is 346 g/mol. The quantitative estimate of drug-likeness (QED) is 0.528. The Morgan fingerprint density at radius 2 is 1.59 bits per heavy atom. The molecule has 3 aromatic rings. The van der Waals surface area contributed by atoms with Gasteiger partial charge in [-0.2, -0.15) is 0 Å². The first-order valence-corrected chi connectivity index (χ1v) is 8.23. The minimum atomic E-state index is -0.488. The summed E-state index contributed by atoms with van der Waals surface area (Å²) >= 11 is 0. The Kier molecular flexibility index (Phi) is 3.88. The van der Waals surface area contributed by atoms with Gasteiger partial charge in [-0.25, -0.2) is 9.69 Å². The molecule has 0 fully saturated rings. The molecule has 3 aromatic carbocycles. The number of rotatable bonds is 3. The number of anilines is 1. The number of nitrogens with zero attached hydrogens (tertiary/aromatic N) is 1. The number of carbonyl (C=O) groups excluding carboxylic acids is 3. The molecule has 0 atom stereocenters. The third-order valence-electron chi connectivity index (χ3n) is 4.60. The van der Waals surface area contributed by atoms with Gasteiger partial charge in [0.25, 0.3) is 11.8 Å². The van der Waals surface area contributed by atoms with Crippen molar-refractivity contribution in [2.45, 2.75) is 0 Å². The molecule has 6 heteroatoms. The molecule has 0 radical (unpaired) electrons. The zero-order chi connectivity index (χ0) is 19.1. The van der Waals surface area contributed by atoms with E-state index in [1.165, 1.54) is 26.4 Å². The van der Waals surface area contributed by atoms with E-state index in [9.17, 15) is 14.4 Å². The van der Waals surface area contributed by atoms with Crippen LogP contribution < -0.4 is 9.64 Å². The van der Waals surface area contributed by atoms with Crippen LogP contribution in [0.2, 0.25) is 0 Å². The van der Waals surface area contributed by atoms with Crippen LogP contribution in [0, 0.1) is 0 Å². The lowest BCUT2D eigenvalue weighted by molar-refractivity contribution is 0.0600. The highest BCUT2D eigenvalue weighted by Crippen LogP contribution is 2.35. The van der Waals surface area contributed by atoms with Gasteiger partial charge in [0.1, 0.15) is 5.75 Å². The molecule has 0 spiro atoms. The normalized spacial score (nSPS) is 13.0. The predicted molar refractivity (Wildman–Crippen MR) is 99.4 cm³/mol. The number of hydrogen-bond donors (Lipinski definition) is 0. The zero-order valence-corrected chi connectivity index (χ0v) is 14.7. The van der Waals surface area contributed by atoms with Crippen molar-refractivity contribution in [3.05, 3.63) is 71.3 Å². The highest BCUT2D eigenvalue weighted by atomic mass is 16.5. The molecule has 6 nitrogen and oxygen atoms in total. The van der Waals surface area contributed by atoms with Crippen molar-refractivity contribution in [2.75, 3.05) is 19.1 Å². The summed E-state index contributed by atoms with van der Waals surface area (Å²) in [6, 6.07) is 14.9. The summed E-state index contributed by atoms with van der Waals surface area (Å²) in [7, 11) is 2.82. The van der Waals surface area contributed by atoms with Gasteiger partial charge in [0.05, 0.1) is 31.0 Å². The Morgan fingerprint density at radius 3 is 2.26 bits per heavy atom. The van der Waals surface area contributed by atoms with E-state index in [2.05, 4.69) is 4.74 Å². The lowest BCUT2D eigenvalue weighted by Gasteiger charge is -2.27. The average Bonchev–Trinajstić information content (AvgIpc) is 2.71. The highest BCUT2D eigenvalue weighted by Gasteiger charge is 2.34. The molecule has 0 saturated carbocycles. The predicted octanol–water partition coefficient (Wildman–Crippen LogP) is 3.44. The lowest BCUT2D eigenvalue weighted by Crippen LogP contribution is -2.40. The molecule has 0 bridgehead atoms. The molecule has 0 aromatic heterocycles. The van der Waals surface area contributed by atoms with Crippen LogP contribution in [-0.4, -0.2) is 32.0 Å². The Hall–Kier alpha value is -3.67. The van der Waals surface area contributed by atoms with Crippen LogP contribution in [-0.2, 0) is 4.74 Å². The van der Waals surface area contributed by atoms with Crippen LogP contribution in [0.15, 0.2) is 54.6 Å². The molecule has 1 aliphatic rings. The van der Waals surface area contributed by atoms with Gasteiger partial charge in [-0.15, -0.1) is 0 Å². The van der Waals surface area contributed by atoms with Gasteiger partial charge >= 0.3 is 5.97 Å².